The van der Waals surface area contributed by atoms with Gasteiger partial charge in [-0.2, -0.15) is 8.75 Å². The molecule has 0 unspecified atom stereocenters. The first-order valence-corrected chi connectivity index (χ1v) is 12.2. The highest BCUT2D eigenvalue weighted by Gasteiger charge is 2.17. The summed E-state index contributed by atoms with van der Waals surface area (Å²) in [5, 5.41) is 12.2. The van der Waals surface area contributed by atoms with E-state index in [0.717, 1.165) is 34.2 Å². The third-order valence-corrected chi connectivity index (χ3v) is 6.53. The van der Waals surface area contributed by atoms with Gasteiger partial charge < -0.3 is 10.1 Å². The minimum atomic E-state index is -0.161. The molecule has 0 atom stereocenters. The lowest BCUT2D eigenvalue weighted by atomic mass is 10.2. The summed E-state index contributed by atoms with van der Waals surface area (Å²) < 4.78 is 16.4. The van der Waals surface area contributed by atoms with Crippen molar-refractivity contribution in [3.8, 4) is 11.4 Å². The average molecular weight is 489 g/mol. The van der Waals surface area contributed by atoms with Crippen LogP contribution >= 0.6 is 23.5 Å². The quantitative estimate of drug-likeness (QED) is 0.311. The normalized spacial score (nSPS) is 11.0. The maximum absolute atomic E-state index is 12.7. The highest BCUT2D eigenvalue weighted by atomic mass is 32.2. The maximum atomic E-state index is 12.7. The number of hydrogen-bond acceptors (Lipinski definition) is 8. The molecular weight excluding hydrogens is 468 g/mol. The van der Waals surface area contributed by atoms with Crippen molar-refractivity contribution >= 4 is 46.1 Å². The number of ether oxygens (including phenoxy) is 1. The zero-order chi connectivity index (χ0) is 23.3. The van der Waals surface area contributed by atoms with Crippen LogP contribution in [0.15, 0.2) is 78.0 Å². The number of carbonyl (C=O) groups is 1. The van der Waals surface area contributed by atoms with Gasteiger partial charge in [0.2, 0.25) is 5.91 Å². The molecule has 0 radical (unpaired) electrons. The summed E-state index contributed by atoms with van der Waals surface area (Å²) in [6.07, 6.45) is 0. The first-order valence-electron chi connectivity index (χ1n) is 10.5. The molecule has 1 N–H and O–H groups in total. The van der Waals surface area contributed by atoms with Gasteiger partial charge in [-0.1, -0.05) is 54.2 Å². The summed E-state index contributed by atoms with van der Waals surface area (Å²) in [4.78, 5) is 12.7. The number of anilines is 1. The predicted octanol–water partition coefficient (Wildman–Crippen LogP) is 4.89. The Labute approximate surface area is 204 Å². The predicted molar refractivity (Wildman–Crippen MR) is 134 cm³/mol. The lowest BCUT2D eigenvalue weighted by Crippen LogP contribution is -2.15. The molecule has 8 nitrogen and oxygen atoms in total. The standard InChI is InChI=1S/C24H20N6O2S2/c1-16-8-5-6-13-20(16)32-14-21-26-27-24(30(21)17-9-3-2-4-10-17)33-15-22(31)25-18-11-7-12-19-23(18)29-34-28-19/h2-13H,14-15H2,1H3,(H,25,31). The van der Waals surface area contributed by atoms with E-state index in [-0.39, 0.29) is 18.3 Å². The van der Waals surface area contributed by atoms with E-state index in [0.29, 0.717) is 22.2 Å². The van der Waals surface area contributed by atoms with Crippen molar-refractivity contribution < 1.29 is 9.53 Å². The molecule has 5 rings (SSSR count). The zero-order valence-electron chi connectivity index (χ0n) is 18.2. The molecular formula is C24H20N6O2S2. The highest BCUT2D eigenvalue weighted by molar-refractivity contribution is 7.99. The fraction of sp³-hybridized carbons (Fsp3) is 0.125. The molecule has 0 saturated heterocycles. The summed E-state index contributed by atoms with van der Waals surface area (Å²) in [5.74, 6) is 1.45. The number of aromatic nitrogens is 5. The van der Waals surface area contributed by atoms with Crippen LogP contribution in [0.4, 0.5) is 5.69 Å². The molecule has 0 aliphatic heterocycles. The van der Waals surface area contributed by atoms with Gasteiger partial charge in [0.05, 0.1) is 23.2 Å². The van der Waals surface area contributed by atoms with Crippen molar-refractivity contribution in [1.82, 2.24) is 23.5 Å². The smallest absolute Gasteiger partial charge is 0.234 e. The molecule has 5 aromatic rings. The van der Waals surface area contributed by atoms with Gasteiger partial charge in [-0.25, -0.2) is 0 Å². The minimum absolute atomic E-state index is 0.161. The average Bonchev–Trinajstić information content (AvgIpc) is 3.50. The second-order valence-electron chi connectivity index (χ2n) is 7.40. The first kappa shape index (κ1) is 22.1. The number of thioether (sulfide) groups is 1. The maximum Gasteiger partial charge on any atom is 0.234 e. The molecule has 0 saturated carbocycles. The van der Waals surface area contributed by atoms with Gasteiger partial charge in [-0.15, -0.1) is 10.2 Å². The van der Waals surface area contributed by atoms with E-state index in [9.17, 15) is 4.79 Å². The van der Waals surface area contributed by atoms with Crippen LogP contribution in [0.5, 0.6) is 5.75 Å². The molecule has 0 aliphatic rings. The highest BCUT2D eigenvalue weighted by Crippen LogP contribution is 2.25. The van der Waals surface area contributed by atoms with Crippen molar-refractivity contribution in [2.45, 2.75) is 18.7 Å². The summed E-state index contributed by atoms with van der Waals surface area (Å²) in [6.45, 7) is 2.25. The van der Waals surface area contributed by atoms with Gasteiger partial charge >= 0.3 is 0 Å². The zero-order valence-corrected chi connectivity index (χ0v) is 19.8. The fourth-order valence-electron chi connectivity index (χ4n) is 3.41. The molecule has 170 valence electrons. The van der Waals surface area contributed by atoms with Gasteiger partial charge in [0.15, 0.2) is 11.0 Å². The molecule has 0 bridgehead atoms. The summed E-state index contributed by atoms with van der Waals surface area (Å²) in [6, 6.07) is 23.2. The number of benzene rings is 3. The van der Waals surface area contributed by atoms with E-state index in [1.807, 2.05) is 84.3 Å². The van der Waals surface area contributed by atoms with E-state index in [1.54, 1.807) is 0 Å². The topological polar surface area (TPSA) is 94.8 Å². The van der Waals surface area contributed by atoms with E-state index in [2.05, 4.69) is 24.3 Å². The molecule has 1 amide bonds. The fourth-order valence-corrected chi connectivity index (χ4v) is 4.73. The minimum Gasteiger partial charge on any atom is -0.485 e. The number of aryl methyl sites for hydroxylation is 1. The second kappa shape index (κ2) is 10.0. The Morgan fingerprint density at radius 3 is 2.68 bits per heavy atom. The van der Waals surface area contributed by atoms with Crippen molar-refractivity contribution in [3.05, 3.63) is 84.2 Å². The lowest BCUT2D eigenvalue weighted by molar-refractivity contribution is -0.113. The van der Waals surface area contributed by atoms with Crippen LogP contribution in [0.2, 0.25) is 0 Å². The Morgan fingerprint density at radius 1 is 1.00 bits per heavy atom. The van der Waals surface area contributed by atoms with Gasteiger partial charge in [-0.3, -0.25) is 9.36 Å². The SMILES string of the molecule is Cc1ccccc1OCc1nnc(SCC(=O)Nc2cccc3nsnc23)n1-c1ccccc1. The van der Waals surface area contributed by atoms with Crippen molar-refractivity contribution in [2.75, 3.05) is 11.1 Å². The van der Waals surface area contributed by atoms with E-state index in [1.165, 1.54) is 11.8 Å². The van der Waals surface area contributed by atoms with Crippen molar-refractivity contribution in [2.24, 2.45) is 0 Å². The number of hydrogen-bond donors (Lipinski definition) is 1. The molecule has 2 heterocycles. The molecule has 34 heavy (non-hydrogen) atoms. The van der Waals surface area contributed by atoms with E-state index in [4.69, 9.17) is 4.74 Å². The Hall–Kier alpha value is -3.76. The lowest BCUT2D eigenvalue weighted by Gasteiger charge is -2.12. The van der Waals surface area contributed by atoms with Crippen LogP contribution in [-0.2, 0) is 11.4 Å². The van der Waals surface area contributed by atoms with Crippen LogP contribution in [-0.4, -0.2) is 35.2 Å². The van der Waals surface area contributed by atoms with E-state index >= 15 is 0 Å². The molecule has 10 heteroatoms. The Morgan fingerprint density at radius 2 is 1.82 bits per heavy atom. The number of amides is 1. The number of rotatable bonds is 8. The van der Waals surface area contributed by atoms with Gasteiger partial charge in [0.1, 0.15) is 23.4 Å². The van der Waals surface area contributed by atoms with Crippen LogP contribution in [0.1, 0.15) is 11.4 Å². The summed E-state index contributed by atoms with van der Waals surface area (Å²) in [7, 11) is 0. The van der Waals surface area contributed by atoms with E-state index < -0.39 is 0 Å². The van der Waals surface area contributed by atoms with Crippen molar-refractivity contribution in [1.29, 1.82) is 0 Å². The Balaban J connectivity index is 1.33. The number of nitrogens with one attached hydrogen (secondary N) is 1. The third-order valence-electron chi connectivity index (χ3n) is 5.06. The van der Waals surface area contributed by atoms with Gasteiger partial charge in [-0.05, 0) is 42.8 Å². The molecule has 2 aromatic heterocycles. The number of nitrogens with zero attached hydrogens (tertiary/aromatic N) is 5. The van der Waals surface area contributed by atoms with Crippen LogP contribution in [0, 0.1) is 6.92 Å². The van der Waals surface area contributed by atoms with Crippen LogP contribution < -0.4 is 10.1 Å². The summed E-state index contributed by atoms with van der Waals surface area (Å²) in [5.41, 5.74) is 4.04. The molecule has 0 spiro atoms. The molecule has 0 fully saturated rings. The van der Waals surface area contributed by atoms with Gasteiger partial charge in [0, 0.05) is 5.69 Å². The second-order valence-corrected chi connectivity index (χ2v) is 8.87. The largest absolute Gasteiger partial charge is 0.485 e. The summed E-state index contributed by atoms with van der Waals surface area (Å²) >= 11 is 2.43. The number of fused-ring (bicyclic) bond motifs is 1. The number of para-hydroxylation sites is 2. The molecule has 0 aliphatic carbocycles. The third kappa shape index (κ3) is 4.78. The van der Waals surface area contributed by atoms with Crippen LogP contribution in [0.25, 0.3) is 16.7 Å². The Kier molecular flexibility index (Phi) is 6.50. The number of carbonyl (C=O) groups excluding carboxylic acids is 1. The van der Waals surface area contributed by atoms with Crippen molar-refractivity contribution in [3.63, 3.8) is 0 Å². The first-order chi connectivity index (χ1) is 16.7. The van der Waals surface area contributed by atoms with Crippen LogP contribution in [0.3, 0.4) is 0 Å². The Bertz CT molecular complexity index is 1430. The monoisotopic (exact) mass is 488 g/mol. The molecule has 3 aromatic carbocycles. The van der Waals surface area contributed by atoms with Gasteiger partial charge in [0.25, 0.3) is 0 Å².